The Kier molecular flexibility index (Phi) is 3.68. The van der Waals surface area contributed by atoms with Gasteiger partial charge in [0.05, 0.1) is 6.07 Å². The van der Waals surface area contributed by atoms with E-state index in [9.17, 15) is 0 Å². The molecule has 74 valence electrons. The summed E-state index contributed by atoms with van der Waals surface area (Å²) in [6.07, 6.45) is 1.53. The first kappa shape index (κ1) is 11.2. The van der Waals surface area contributed by atoms with Crippen LogP contribution in [0.1, 0.15) is 18.9 Å². The second-order valence-electron chi connectivity index (χ2n) is 3.66. The molecule has 1 aromatic carbocycles. The Bertz CT molecular complexity index is 335. The molecule has 1 rings (SSSR count). The molecular weight excluding hydrogens is 240 g/mol. The average Bonchev–Trinajstić information content (AvgIpc) is 2.17. The number of halogens is 1. The van der Waals surface area contributed by atoms with E-state index in [0.717, 1.165) is 10.9 Å². The zero-order chi connectivity index (χ0) is 10.6. The van der Waals surface area contributed by atoms with E-state index in [2.05, 4.69) is 22.0 Å². The third-order valence-corrected chi connectivity index (χ3v) is 2.63. The topological polar surface area (TPSA) is 49.8 Å². The van der Waals surface area contributed by atoms with E-state index in [1.165, 1.54) is 5.56 Å². The molecule has 0 amide bonds. The van der Waals surface area contributed by atoms with Crippen LogP contribution in [0, 0.1) is 11.3 Å². The molecule has 0 fully saturated rings. The number of rotatable bonds is 3. The first-order valence-corrected chi connectivity index (χ1v) is 5.27. The SMILES string of the molecule is C[C@@](N)(C#N)CCc1ccc(Br)cc1. The Labute approximate surface area is 92.9 Å². The van der Waals surface area contributed by atoms with Crippen LogP contribution in [0.3, 0.4) is 0 Å². The van der Waals surface area contributed by atoms with Crippen molar-refractivity contribution in [3.8, 4) is 6.07 Å². The third-order valence-electron chi connectivity index (χ3n) is 2.10. The molecule has 1 atom stereocenters. The van der Waals surface area contributed by atoms with Gasteiger partial charge >= 0.3 is 0 Å². The van der Waals surface area contributed by atoms with E-state index in [1.807, 2.05) is 24.3 Å². The molecule has 0 radical (unpaired) electrons. The number of benzene rings is 1. The van der Waals surface area contributed by atoms with E-state index in [-0.39, 0.29) is 0 Å². The van der Waals surface area contributed by atoms with Crippen LogP contribution in [0.25, 0.3) is 0 Å². The van der Waals surface area contributed by atoms with E-state index >= 15 is 0 Å². The van der Waals surface area contributed by atoms with Crippen molar-refractivity contribution in [2.24, 2.45) is 5.73 Å². The summed E-state index contributed by atoms with van der Waals surface area (Å²) in [6.45, 7) is 1.76. The van der Waals surface area contributed by atoms with E-state index in [0.29, 0.717) is 6.42 Å². The summed E-state index contributed by atoms with van der Waals surface area (Å²) in [5.41, 5.74) is 6.22. The minimum atomic E-state index is -0.715. The van der Waals surface area contributed by atoms with E-state index < -0.39 is 5.54 Å². The smallest absolute Gasteiger partial charge is 0.101 e. The van der Waals surface area contributed by atoms with Crippen LogP contribution in [0.4, 0.5) is 0 Å². The highest BCUT2D eigenvalue weighted by Gasteiger charge is 2.16. The molecule has 0 spiro atoms. The van der Waals surface area contributed by atoms with Crippen molar-refractivity contribution in [3.63, 3.8) is 0 Å². The maximum atomic E-state index is 8.73. The first-order chi connectivity index (χ1) is 6.53. The van der Waals surface area contributed by atoms with Crippen molar-refractivity contribution in [2.75, 3.05) is 0 Å². The molecule has 2 nitrogen and oxygen atoms in total. The van der Waals surface area contributed by atoms with Crippen molar-refractivity contribution in [3.05, 3.63) is 34.3 Å². The van der Waals surface area contributed by atoms with Crippen LogP contribution in [-0.4, -0.2) is 5.54 Å². The molecule has 0 saturated heterocycles. The van der Waals surface area contributed by atoms with Gasteiger partial charge in [0.2, 0.25) is 0 Å². The van der Waals surface area contributed by atoms with Crippen molar-refractivity contribution in [1.82, 2.24) is 0 Å². The fourth-order valence-corrected chi connectivity index (χ4v) is 1.38. The fraction of sp³-hybridized carbons (Fsp3) is 0.364. The zero-order valence-electron chi connectivity index (χ0n) is 8.13. The number of nitriles is 1. The van der Waals surface area contributed by atoms with Gasteiger partial charge in [-0.15, -0.1) is 0 Å². The molecule has 0 aliphatic rings. The average molecular weight is 253 g/mol. The van der Waals surface area contributed by atoms with Gasteiger partial charge < -0.3 is 5.73 Å². The minimum absolute atomic E-state index is 0.686. The molecule has 2 N–H and O–H groups in total. The van der Waals surface area contributed by atoms with Crippen LogP contribution in [0.5, 0.6) is 0 Å². The van der Waals surface area contributed by atoms with Crippen LogP contribution >= 0.6 is 15.9 Å². The summed E-state index contributed by atoms with van der Waals surface area (Å²) in [7, 11) is 0. The summed E-state index contributed by atoms with van der Waals surface area (Å²) in [6, 6.07) is 10.2. The van der Waals surface area contributed by atoms with Crippen LogP contribution < -0.4 is 5.73 Å². The second kappa shape index (κ2) is 4.59. The lowest BCUT2D eigenvalue weighted by Crippen LogP contribution is -2.34. The Hall–Kier alpha value is -0.850. The Morgan fingerprint density at radius 1 is 1.43 bits per heavy atom. The Balaban J connectivity index is 2.55. The van der Waals surface area contributed by atoms with Crippen molar-refractivity contribution < 1.29 is 0 Å². The van der Waals surface area contributed by atoms with Gasteiger partial charge in [-0.2, -0.15) is 5.26 Å². The van der Waals surface area contributed by atoms with Gasteiger partial charge in [-0.1, -0.05) is 28.1 Å². The standard InChI is InChI=1S/C11H13BrN2/c1-11(14,8-13)7-6-9-2-4-10(12)5-3-9/h2-5H,6-7,14H2,1H3/t11-/m0/s1. The van der Waals surface area contributed by atoms with Gasteiger partial charge in [0, 0.05) is 4.47 Å². The molecule has 3 heteroatoms. The third kappa shape index (κ3) is 3.49. The molecule has 14 heavy (non-hydrogen) atoms. The van der Waals surface area contributed by atoms with E-state index in [1.54, 1.807) is 6.92 Å². The molecule has 0 aliphatic heterocycles. The highest BCUT2D eigenvalue weighted by molar-refractivity contribution is 9.10. The van der Waals surface area contributed by atoms with Gasteiger partial charge in [-0.05, 0) is 37.5 Å². The van der Waals surface area contributed by atoms with Crippen LogP contribution in [0.2, 0.25) is 0 Å². The summed E-state index contributed by atoms with van der Waals surface area (Å²) < 4.78 is 1.07. The van der Waals surface area contributed by atoms with Gasteiger partial charge in [0.25, 0.3) is 0 Å². The van der Waals surface area contributed by atoms with Gasteiger partial charge in [-0.3, -0.25) is 0 Å². The van der Waals surface area contributed by atoms with Crippen molar-refractivity contribution >= 4 is 15.9 Å². The molecule has 1 aromatic rings. The second-order valence-corrected chi connectivity index (χ2v) is 4.57. The number of nitrogens with zero attached hydrogens (tertiary/aromatic N) is 1. The highest BCUT2D eigenvalue weighted by atomic mass is 79.9. The molecule has 0 heterocycles. The first-order valence-electron chi connectivity index (χ1n) is 4.48. The molecule has 0 unspecified atom stereocenters. The Morgan fingerprint density at radius 3 is 2.50 bits per heavy atom. The lowest BCUT2D eigenvalue weighted by atomic mass is 9.96. The maximum absolute atomic E-state index is 8.73. The van der Waals surface area contributed by atoms with Crippen molar-refractivity contribution in [1.29, 1.82) is 5.26 Å². The normalized spacial score (nSPS) is 14.4. The summed E-state index contributed by atoms with van der Waals surface area (Å²) in [5, 5.41) is 8.73. The van der Waals surface area contributed by atoms with Gasteiger partial charge in [-0.25, -0.2) is 0 Å². The maximum Gasteiger partial charge on any atom is 0.101 e. The Morgan fingerprint density at radius 2 is 2.00 bits per heavy atom. The van der Waals surface area contributed by atoms with Gasteiger partial charge in [0.15, 0.2) is 0 Å². The molecule has 0 aliphatic carbocycles. The number of aryl methyl sites for hydroxylation is 1. The van der Waals surface area contributed by atoms with Crippen LogP contribution in [0.15, 0.2) is 28.7 Å². The molecule has 0 saturated carbocycles. The minimum Gasteiger partial charge on any atom is -0.314 e. The highest BCUT2D eigenvalue weighted by Crippen LogP contribution is 2.14. The lowest BCUT2D eigenvalue weighted by molar-refractivity contribution is 0.546. The van der Waals surface area contributed by atoms with Crippen molar-refractivity contribution in [2.45, 2.75) is 25.3 Å². The van der Waals surface area contributed by atoms with Crippen LogP contribution in [-0.2, 0) is 6.42 Å². The summed E-state index contributed by atoms with van der Waals surface area (Å²) in [4.78, 5) is 0. The monoisotopic (exact) mass is 252 g/mol. The largest absolute Gasteiger partial charge is 0.314 e. The van der Waals surface area contributed by atoms with E-state index in [4.69, 9.17) is 11.0 Å². The molecule has 0 aromatic heterocycles. The number of nitrogens with two attached hydrogens (primary N) is 1. The predicted octanol–water partition coefficient (Wildman–Crippen LogP) is 2.62. The number of hydrogen-bond acceptors (Lipinski definition) is 2. The summed E-state index contributed by atoms with van der Waals surface area (Å²) >= 11 is 3.37. The molecular formula is C11H13BrN2. The summed E-state index contributed by atoms with van der Waals surface area (Å²) in [5.74, 6) is 0. The number of hydrogen-bond donors (Lipinski definition) is 1. The molecule has 0 bridgehead atoms. The lowest BCUT2D eigenvalue weighted by Gasteiger charge is -2.14. The zero-order valence-corrected chi connectivity index (χ0v) is 9.71. The quantitative estimate of drug-likeness (QED) is 0.900. The predicted molar refractivity (Wildman–Crippen MR) is 60.7 cm³/mol. The van der Waals surface area contributed by atoms with Gasteiger partial charge in [0.1, 0.15) is 5.54 Å². The fourth-order valence-electron chi connectivity index (χ4n) is 1.11.